The Morgan fingerprint density at radius 2 is 1.68 bits per heavy atom. The number of sulfonamides is 1. The minimum absolute atomic E-state index is 0.0501. The maximum atomic E-state index is 12.0. The molecule has 4 N–H and O–H groups in total. The molecule has 1 heterocycles. The molecule has 4 rings (SSSR count). The number of nitrogens with two attached hydrogens (primary N) is 1. The molecule has 0 spiro atoms. The van der Waals surface area contributed by atoms with Crippen molar-refractivity contribution in [1.82, 2.24) is 9.97 Å². The van der Waals surface area contributed by atoms with Gasteiger partial charge in [-0.1, -0.05) is 24.3 Å². The van der Waals surface area contributed by atoms with Crippen LogP contribution in [0.5, 0.6) is 17.2 Å². The summed E-state index contributed by atoms with van der Waals surface area (Å²) in [5, 5.41) is 17.6. The Hall–Kier alpha value is -3.97. The molecule has 200 valence electrons. The smallest absolute Gasteiger partial charge is 0.238 e. The van der Waals surface area contributed by atoms with E-state index >= 15 is 0 Å². The molecule has 38 heavy (non-hydrogen) atoms. The lowest BCUT2D eigenvalue weighted by molar-refractivity contribution is 0.0700. The predicted octanol–water partition coefficient (Wildman–Crippen LogP) is 3.09. The molecule has 0 aliphatic carbocycles. The van der Waals surface area contributed by atoms with Crippen LogP contribution in [0, 0.1) is 0 Å². The first-order valence-electron chi connectivity index (χ1n) is 11.6. The number of ether oxygens (including phenoxy) is 4. The summed E-state index contributed by atoms with van der Waals surface area (Å²) in [5.74, 6) is 1.62. The number of aromatic nitrogens is 2. The number of aliphatic hydroxyl groups is 1. The zero-order chi connectivity index (χ0) is 27.1. The van der Waals surface area contributed by atoms with E-state index in [2.05, 4.69) is 5.32 Å². The van der Waals surface area contributed by atoms with Gasteiger partial charge in [-0.25, -0.2) is 23.5 Å². The van der Waals surface area contributed by atoms with E-state index in [0.29, 0.717) is 51.0 Å². The second kappa shape index (κ2) is 12.0. The van der Waals surface area contributed by atoms with Crippen LogP contribution < -0.4 is 24.7 Å². The number of nitrogens with one attached hydrogen (secondary N) is 1. The van der Waals surface area contributed by atoms with Gasteiger partial charge in [-0.05, 0) is 24.3 Å². The number of primary sulfonamides is 1. The summed E-state index contributed by atoms with van der Waals surface area (Å²) < 4.78 is 46.3. The highest BCUT2D eigenvalue weighted by molar-refractivity contribution is 7.89. The Bertz CT molecular complexity index is 1530. The first-order valence-corrected chi connectivity index (χ1v) is 13.1. The molecule has 0 fully saturated rings. The molecule has 0 saturated carbocycles. The van der Waals surface area contributed by atoms with E-state index in [1.165, 1.54) is 26.4 Å². The number of para-hydroxylation sites is 2. The molecule has 0 aliphatic rings. The first kappa shape index (κ1) is 27.1. The number of methoxy groups -OCH3 is 2. The van der Waals surface area contributed by atoms with Crippen molar-refractivity contribution in [3.63, 3.8) is 0 Å². The standard InChI is InChI=1S/C26H28N4O7S/c1-34-18-15-22(25(23(16-18)35-2)37-13-12-36-11-10-31)30-26-24(28-20-8-3-4-9-21(20)29-26)17-6-5-7-19(14-17)38(27,32)33/h3-9,14-16,31H,10-13H2,1-2H3,(H,29,30)(H2,27,32,33). The molecule has 0 aliphatic heterocycles. The summed E-state index contributed by atoms with van der Waals surface area (Å²) in [6.45, 7) is 0.539. The molecule has 0 amide bonds. The highest BCUT2D eigenvalue weighted by Gasteiger charge is 2.19. The number of nitrogens with zero attached hydrogens (tertiary/aromatic N) is 2. The summed E-state index contributed by atoms with van der Waals surface area (Å²) in [7, 11) is -0.901. The quantitative estimate of drug-likeness (QED) is 0.228. The van der Waals surface area contributed by atoms with Crippen LogP contribution in [-0.4, -0.2) is 64.1 Å². The molecule has 0 unspecified atom stereocenters. The van der Waals surface area contributed by atoms with E-state index in [0.717, 1.165) is 0 Å². The summed E-state index contributed by atoms with van der Waals surface area (Å²) in [5.41, 5.74) is 2.60. The van der Waals surface area contributed by atoms with Gasteiger partial charge in [-0.2, -0.15) is 0 Å². The molecule has 0 atom stereocenters. The van der Waals surface area contributed by atoms with Crippen LogP contribution in [0.3, 0.4) is 0 Å². The van der Waals surface area contributed by atoms with Gasteiger partial charge in [-0.3, -0.25) is 0 Å². The maximum Gasteiger partial charge on any atom is 0.238 e. The molecule has 1 aromatic heterocycles. The average molecular weight is 541 g/mol. The fraction of sp³-hybridized carbons (Fsp3) is 0.231. The molecule has 0 bridgehead atoms. The summed E-state index contributed by atoms with van der Waals surface area (Å²) in [6, 6.07) is 16.9. The molecule has 12 heteroatoms. The van der Waals surface area contributed by atoms with Gasteiger partial charge in [0, 0.05) is 17.7 Å². The molecule has 3 aromatic carbocycles. The number of rotatable bonds is 12. The van der Waals surface area contributed by atoms with Crippen LogP contribution in [0.4, 0.5) is 11.5 Å². The largest absolute Gasteiger partial charge is 0.497 e. The summed E-state index contributed by atoms with van der Waals surface area (Å²) in [6.07, 6.45) is 0. The number of fused-ring (bicyclic) bond motifs is 1. The minimum atomic E-state index is -3.94. The third kappa shape index (κ3) is 6.29. The molecule has 4 aromatic rings. The normalized spacial score (nSPS) is 11.4. The van der Waals surface area contributed by atoms with Crippen molar-refractivity contribution in [1.29, 1.82) is 0 Å². The van der Waals surface area contributed by atoms with E-state index < -0.39 is 10.0 Å². The fourth-order valence-corrected chi connectivity index (χ4v) is 4.25. The Labute approximate surface area is 220 Å². The van der Waals surface area contributed by atoms with Crippen LogP contribution in [0.1, 0.15) is 0 Å². The molecule has 0 saturated heterocycles. The third-order valence-corrected chi connectivity index (χ3v) is 6.36. The summed E-state index contributed by atoms with van der Waals surface area (Å²) in [4.78, 5) is 9.49. The van der Waals surface area contributed by atoms with Crippen molar-refractivity contribution in [3.05, 3.63) is 60.7 Å². The van der Waals surface area contributed by atoms with Crippen molar-refractivity contribution in [2.45, 2.75) is 4.90 Å². The van der Waals surface area contributed by atoms with Crippen LogP contribution in [0.2, 0.25) is 0 Å². The van der Waals surface area contributed by atoms with E-state index in [1.807, 2.05) is 24.3 Å². The minimum Gasteiger partial charge on any atom is -0.497 e. The lowest BCUT2D eigenvalue weighted by atomic mass is 10.1. The van der Waals surface area contributed by atoms with E-state index in [4.69, 9.17) is 39.2 Å². The van der Waals surface area contributed by atoms with Gasteiger partial charge in [0.05, 0.1) is 55.7 Å². The number of aliphatic hydroxyl groups excluding tert-OH is 1. The van der Waals surface area contributed by atoms with Crippen LogP contribution in [-0.2, 0) is 14.8 Å². The lowest BCUT2D eigenvalue weighted by Gasteiger charge is -2.19. The van der Waals surface area contributed by atoms with E-state index in [9.17, 15) is 8.42 Å². The van der Waals surface area contributed by atoms with E-state index in [-0.39, 0.29) is 31.3 Å². The van der Waals surface area contributed by atoms with Gasteiger partial charge in [-0.15, -0.1) is 0 Å². The van der Waals surface area contributed by atoms with Crippen LogP contribution in [0.15, 0.2) is 65.6 Å². The van der Waals surface area contributed by atoms with Gasteiger partial charge in [0.2, 0.25) is 10.0 Å². The third-order valence-electron chi connectivity index (χ3n) is 5.45. The van der Waals surface area contributed by atoms with Crippen LogP contribution >= 0.6 is 0 Å². The van der Waals surface area contributed by atoms with Crippen molar-refractivity contribution in [2.75, 3.05) is 46.0 Å². The van der Waals surface area contributed by atoms with Crippen molar-refractivity contribution in [3.8, 4) is 28.5 Å². The van der Waals surface area contributed by atoms with Gasteiger partial charge in [0.15, 0.2) is 17.3 Å². The second-order valence-electron chi connectivity index (χ2n) is 8.00. The molecular formula is C26H28N4O7S. The van der Waals surface area contributed by atoms with Gasteiger partial charge < -0.3 is 29.4 Å². The van der Waals surface area contributed by atoms with Crippen molar-refractivity contribution >= 4 is 32.6 Å². The van der Waals surface area contributed by atoms with Crippen LogP contribution in [0.25, 0.3) is 22.3 Å². The number of benzene rings is 3. The number of anilines is 2. The topological polar surface area (TPSA) is 155 Å². The van der Waals surface area contributed by atoms with Gasteiger partial charge in [0.1, 0.15) is 18.1 Å². The van der Waals surface area contributed by atoms with E-state index in [1.54, 1.807) is 24.3 Å². The van der Waals surface area contributed by atoms with Crippen molar-refractivity contribution < 1.29 is 32.5 Å². The Morgan fingerprint density at radius 3 is 2.37 bits per heavy atom. The first-order chi connectivity index (χ1) is 18.3. The maximum absolute atomic E-state index is 12.0. The Balaban J connectivity index is 1.83. The SMILES string of the molecule is COc1cc(Nc2nc3ccccc3nc2-c2cccc(S(N)(=O)=O)c2)c(OCCOCCO)c(OC)c1. The zero-order valence-corrected chi connectivity index (χ0v) is 21.7. The van der Waals surface area contributed by atoms with Gasteiger partial charge >= 0.3 is 0 Å². The van der Waals surface area contributed by atoms with Gasteiger partial charge in [0.25, 0.3) is 0 Å². The summed E-state index contributed by atoms with van der Waals surface area (Å²) >= 11 is 0. The predicted molar refractivity (Wildman–Crippen MR) is 143 cm³/mol. The molecule has 0 radical (unpaired) electrons. The average Bonchev–Trinajstić information content (AvgIpc) is 2.92. The highest BCUT2D eigenvalue weighted by Crippen LogP contribution is 2.42. The number of hydrogen-bond acceptors (Lipinski definition) is 10. The second-order valence-corrected chi connectivity index (χ2v) is 9.56. The molecular weight excluding hydrogens is 512 g/mol. The molecule has 11 nitrogen and oxygen atoms in total. The number of hydrogen-bond donors (Lipinski definition) is 3. The lowest BCUT2D eigenvalue weighted by Crippen LogP contribution is -2.12. The van der Waals surface area contributed by atoms with Crippen molar-refractivity contribution in [2.24, 2.45) is 5.14 Å². The fourth-order valence-electron chi connectivity index (χ4n) is 3.69. The monoisotopic (exact) mass is 540 g/mol. The Kier molecular flexibility index (Phi) is 8.59. The Morgan fingerprint density at radius 1 is 0.921 bits per heavy atom. The zero-order valence-electron chi connectivity index (χ0n) is 20.9. The highest BCUT2D eigenvalue weighted by atomic mass is 32.2.